The Kier molecular flexibility index (Phi) is 3.87. The number of halogens is 3. The largest absolute Gasteiger partial charge is 0.228 e. The molecule has 0 aliphatic heterocycles. The fraction of sp³-hybridized carbons (Fsp3) is 0.143. The Morgan fingerprint density at radius 2 is 1.90 bits per heavy atom. The first kappa shape index (κ1) is 14.1. The number of rotatable bonds is 2. The smallest absolute Gasteiger partial charge is 0.163 e. The van der Waals surface area contributed by atoms with E-state index in [2.05, 4.69) is 16.9 Å². The highest BCUT2D eigenvalue weighted by Gasteiger charge is 2.14. The molecule has 0 saturated heterocycles. The maximum absolute atomic E-state index is 6.28. The van der Waals surface area contributed by atoms with Gasteiger partial charge in [-0.2, -0.15) is 0 Å². The minimum atomic E-state index is 0.429. The third-order valence-electron chi connectivity index (χ3n) is 3.02. The van der Waals surface area contributed by atoms with Gasteiger partial charge in [-0.15, -0.1) is 11.3 Å². The van der Waals surface area contributed by atoms with Crippen LogP contribution in [0.15, 0.2) is 24.3 Å². The van der Waals surface area contributed by atoms with Crippen molar-refractivity contribution >= 4 is 57.0 Å². The molecule has 3 aromatic rings. The van der Waals surface area contributed by atoms with Crippen LogP contribution >= 0.6 is 46.1 Å². The van der Waals surface area contributed by atoms with Crippen LogP contribution in [0.25, 0.3) is 22.3 Å². The van der Waals surface area contributed by atoms with E-state index in [9.17, 15) is 0 Å². The van der Waals surface area contributed by atoms with Gasteiger partial charge >= 0.3 is 0 Å². The van der Waals surface area contributed by atoms with Crippen LogP contribution < -0.4 is 0 Å². The lowest BCUT2D eigenvalue weighted by atomic mass is 10.1. The molecule has 0 radical (unpaired) electrons. The van der Waals surface area contributed by atoms with Crippen molar-refractivity contribution in [2.45, 2.75) is 13.3 Å². The Morgan fingerprint density at radius 1 is 1.10 bits per heavy atom. The number of thiophene rings is 1. The second kappa shape index (κ2) is 5.49. The molecule has 102 valence electrons. The van der Waals surface area contributed by atoms with Gasteiger partial charge in [-0.1, -0.05) is 47.8 Å². The van der Waals surface area contributed by atoms with Crippen molar-refractivity contribution in [2.24, 2.45) is 0 Å². The normalized spacial score (nSPS) is 11.2. The van der Waals surface area contributed by atoms with Gasteiger partial charge in [0.05, 0.1) is 15.4 Å². The van der Waals surface area contributed by atoms with Gasteiger partial charge in [-0.3, -0.25) is 0 Å². The minimum Gasteiger partial charge on any atom is -0.228 e. The molecule has 0 aliphatic carbocycles. The Labute approximate surface area is 135 Å². The molecule has 6 heteroatoms. The summed E-state index contributed by atoms with van der Waals surface area (Å²) in [5.41, 5.74) is 2.72. The van der Waals surface area contributed by atoms with Crippen LogP contribution in [0, 0.1) is 0 Å². The topological polar surface area (TPSA) is 25.8 Å². The third kappa shape index (κ3) is 2.51. The molecule has 0 spiro atoms. The van der Waals surface area contributed by atoms with Crippen LogP contribution in [0.4, 0.5) is 0 Å². The maximum Gasteiger partial charge on any atom is 0.163 e. The Balaban J connectivity index is 2.22. The van der Waals surface area contributed by atoms with Crippen LogP contribution in [0.1, 0.15) is 12.5 Å². The molecule has 0 aliphatic rings. The van der Waals surface area contributed by atoms with Gasteiger partial charge in [0, 0.05) is 5.39 Å². The molecule has 0 fully saturated rings. The molecule has 0 unspecified atom stereocenters. The first-order valence-corrected chi connectivity index (χ1v) is 7.95. The lowest BCUT2D eigenvalue weighted by Crippen LogP contribution is -1.92. The summed E-state index contributed by atoms with van der Waals surface area (Å²) >= 11 is 19.7. The van der Waals surface area contributed by atoms with Crippen LogP contribution in [0.5, 0.6) is 0 Å². The van der Waals surface area contributed by atoms with Crippen LogP contribution in [-0.2, 0) is 6.42 Å². The molecule has 2 nitrogen and oxygen atoms in total. The fourth-order valence-corrected chi connectivity index (χ4v) is 3.66. The average Bonchev–Trinajstić information content (AvgIpc) is 2.77. The molecule has 0 bridgehead atoms. The Hall–Kier alpha value is -0.870. The van der Waals surface area contributed by atoms with Crippen molar-refractivity contribution in [3.05, 3.63) is 43.7 Å². The SMILES string of the molecule is CCc1ccc2nc(-c3cc(Cl)sc3Cl)nc(Cl)c2c1. The monoisotopic (exact) mass is 342 g/mol. The van der Waals surface area contributed by atoms with Crippen molar-refractivity contribution < 1.29 is 0 Å². The van der Waals surface area contributed by atoms with E-state index in [4.69, 9.17) is 34.8 Å². The van der Waals surface area contributed by atoms with Crippen molar-refractivity contribution in [1.82, 2.24) is 9.97 Å². The summed E-state index contributed by atoms with van der Waals surface area (Å²) in [7, 11) is 0. The summed E-state index contributed by atoms with van der Waals surface area (Å²) in [6.45, 7) is 2.09. The number of hydrogen-bond acceptors (Lipinski definition) is 3. The quantitative estimate of drug-likeness (QED) is 0.543. The number of nitrogens with zero attached hydrogens (tertiary/aromatic N) is 2. The summed E-state index contributed by atoms with van der Waals surface area (Å²) in [4.78, 5) is 8.86. The second-order valence-electron chi connectivity index (χ2n) is 4.28. The molecule has 20 heavy (non-hydrogen) atoms. The van der Waals surface area contributed by atoms with Crippen molar-refractivity contribution in [3.63, 3.8) is 0 Å². The van der Waals surface area contributed by atoms with Crippen molar-refractivity contribution in [1.29, 1.82) is 0 Å². The first-order valence-electron chi connectivity index (χ1n) is 6.00. The number of fused-ring (bicyclic) bond motifs is 1. The zero-order valence-corrected chi connectivity index (χ0v) is 13.5. The van der Waals surface area contributed by atoms with E-state index in [1.807, 2.05) is 18.2 Å². The average molecular weight is 344 g/mol. The van der Waals surface area contributed by atoms with Gasteiger partial charge < -0.3 is 0 Å². The summed E-state index contributed by atoms with van der Waals surface area (Å²) in [5, 5.41) is 1.28. The molecular formula is C14H9Cl3N2S. The molecule has 0 N–H and O–H groups in total. The van der Waals surface area contributed by atoms with Gasteiger partial charge in [0.2, 0.25) is 0 Å². The second-order valence-corrected chi connectivity index (χ2v) is 6.92. The molecule has 0 atom stereocenters. The van der Waals surface area contributed by atoms with E-state index in [-0.39, 0.29) is 0 Å². The van der Waals surface area contributed by atoms with Crippen molar-refractivity contribution in [2.75, 3.05) is 0 Å². The van der Waals surface area contributed by atoms with E-state index < -0.39 is 0 Å². The lowest BCUT2D eigenvalue weighted by molar-refractivity contribution is 1.14. The predicted molar refractivity (Wildman–Crippen MR) is 87.3 cm³/mol. The summed E-state index contributed by atoms with van der Waals surface area (Å²) in [6, 6.07) is 7.76. The number of aromatic nitrogens is 2. The molecule has 1 aromatic carbocycles. The fourth-order valence-electron chi connectivity index (χ4n) is 1.97. The zero-order valence-electron chi connectivity index (χ0n) is 10.5. The first-order chi connectivity index (χ1) is 9.58. The third-order valence-corrected chi connectivity index (χ3v) is 4.80. The molecule has 0 amide bonds. The van der Waals surface area contributed by atoms with Gasteiger partial charge in [0.15, 0.2) is 5.82 Å². The van der Waals surface area contributed by atoms with Gasteiger partial charge in [0.1, 0.15) is 9.49 Å². The zero-order chi connectivity index (χ0) is 14.3. The number of benzene rings is 1. The highest BCUT2D eigenvalue weighted by atomic mass is 35.5. The Morgan fingerprint density at radius 3 is 2.55 bits per heavy atom. The molecular weight excluding hydrogens is 335 g/mol. The molecule has 0 saturated carbocycles. The number of aryl methyl sites for hydroxylation is 1. The van der Waals surface area contributed by atoms with E-state index in [0.29, 0.717) is 25.2 Å². The van der Waals surface area contributed by atoms with E-state index in [1.54, 1.807) is 6.07 Å². The van der Waals surface area contributed by atoms with Gasteiger partial charge in [0.25, 0.3) is 0 Å². The highest BCUT2D eigenvalue weighted by molar-refractivity contribution is 7.20. The van der Waals surface area contributed by atoms with E-state index in [1.165, 1.54) is 16.9 Å². The molecule has 2 aromatic heterocycles. The van der Waals surface area contributed by atoms with E-state index in [0.717, 1.165) is 17.3 Å². The van der Waals surface area contributed by atoms with Gasteiger partial charge in [-0.25, -0.2) is 9.97 Å². The summed E-state index contributed by atoms with van der Waals surface area (Å²) in [5.74, 6) is 0.500. The van der Waals surface area contributed by atoms with Crippen LogP contribution in [0.3, 0.4) is 0 Å². The minimum absolute atomic E-state index is 0.429. The highest BCUT2D eigenvalue weighted by Crippen LogP contribution is 2.37. The van der Waals surface area contributed by atoms with Crippen LogP contribution in [-0.4, -0.2) is 9.97 Å². The molecule has 2 heterocycles. The van der Waals surface area contributed by atoms with E-state index >= 15 is 0 Å². The Bertz CT molecular complexity index is 798. The predicted octanol–water partition coefficient (Wildman–Crippen LogP) is 5.88. The molecule has 3 rings (SSSR count). The van der Waals surface area contributed by atoms with Crippen LogP contribution in [0.2, 0.25) is 13.8 Å². The van der Waals surface area contributed by atoms with Crippen molar-refractivity contribution in [3.8, 4) is 11.4 Å². The summed E-state index contributed by atoms with van der Waals surface area (Å²) < 4.78 is 1.17. The summed E-state index contributed by atoms with van der Waals surface area (Å²) in [6.07, 6.45) is 0.944. The van der Waals surface area contributed by atoms with Gasteiger partial charge in [-0.05, 0) is 30.2 Å². The standard InChI is InChI=1S/C14H9Cl3N2S/c1-2-7-3-4-10-8(5-7)12(16)19-14(18-10)9-6-11(15)20-13(9)17/h3-6H,2H2,1H3. The number of hydrogen-bond donors (Lipinski definition) is 0. The maximum atomic E-state index is 6.28. The lowest BCUT2D eigenvalue weighted by Gasteiger charge is -2.05.